The predicted octanol–water partition coefficient (Wildman–Crippen LogP) is 1.80. The molecule has 1 fully saturated rings. The van der Waals surface area contributed by atoms with Gasteiger partial charge in [-0.1, -0.05) is 12.5 Å². The van der Waals surface area contributed by atoms with Crippen LogP contribution in [0.5, 0.6) is 0 Å². The van der Waals surface area contributed by atoms with Crippen LogP contribution < -0.4 is 0 Å². The van der Waals surface area contributed by atoms with E-state index >= 15 is 0 Å². The first-order chi connectivity index (χ1) is 6.20. The highest BCUT2D eigenvalue weighted by Gasteiger charge is 2.08. The van der Waals surface area contributed by atoms with Gasteiger partial charge < -0.3 is 5.11 Å². The van der Waals surface area contributed by atoms with Gasteiger partial charge in [0.2, 0.25) is 0 Å². The third-order valence-electron chi connectivity index (χ3n) is 2.78. The molecule has 1 N–H and O–H groups in total. The SMILES string of the molecule is CC(=CCN1CCCCC1)C(C)O. The van der Waals surface area contributed by atoms with Crippen molar-refractivity contribution in [3.8, 4) is 0 Å². The van der Waals surface area contributed by atoms with Crippen molar-refractivity contribution in [2.75, 3.05) is 19.6 Å². The smallest absolute Gasteiger partial charge is 0.0719 e. The van der Waals surface area contributed by atoms with Crippen molar-refractivity contribution in [2.24, 2.45) is 0 Å². The van der Waals surface area contributed by atoms with Crippen LogP contribution in [0.25, 0.3) is 0 Å². The van der Waals surface area contributed by atoms with Gasteiger partial charge >= 0.3 is 0 Å². The molecule has 13 heavy (non-hydrogen) atoms. The van der Waals surface area contributed by atoms with Gasteiger partial charge in [0.1, 0.15) is 0 Å². The van der Waals surface area contributed by atoms with Crippen molar-refractivity contribution in [1.29, 1.82) is 0 Å². The number of aliphatic hydroxyl groups is 1. The highest BCUT2D eigenvalue weighted by Crippen LogP contribution is 2.09. The molecule has 0 aromatic heterocycles. The summed E-state index contributed by atoms with van der Waals surface area (Å²) in [6.45, 7) is 7.28. The van der Waals surface area contributed by atoms with Gasteiger partial charge in [-0.05, 0) is 45.4 Å². The van der Waals surface area contributed by atoms with E-state index in [1.165, 1.54) is 32.4 Å². The third kappa shape index (κ3) is 3.92. The van der Waals surface area contributed by atoms with Gasteiger partial charge in [-0.25, -0.2) is 0 Å². The molecular formula is C11H21NO. The molecule has 76 valence electrons. The van der Waals surface area contributed by atoms with E-state index < -0.39 is 0 Å². The summed E-state index contributed by atoms with van der Waals surface area (Å²) < 4.78 is 0. The van der Waals surface area contributed by atoms with E-state index in [0.29, 0.717) is 0 Å². The van der Waals surface area contributed by atoms with E-state index in [4.69, 9.17) is 0 Å². The van der Waals surface area contributed by atoms with Crippen LogP contribution in [-0.4, -0.2) is 35.7 Å². The van der Waals surface area contributed by atoms with Gasteiger partial charge in [0.15, 0.2) is 0 Å². The minimum absolute atomic E-state index is 0.287. The molecule has 0 amide bonds. The summed E-state index contributed by atoms with van der Waals surface area (Å²) in [5.74, 6) is 0. The van der Waals surface area contributed by atoms with Crippen LogP contribution in [0.4, 0.5) is 0 Å². The molecular weight excluding hydrogens is 162 g/mol. The molecule has 1 aliphatic rings. The lowest BCUT2D eigenvalue weighted by molar-refractivity contribution is 0.226. The highest BCUT2D eigenvalue weighted by atomic mass is 16.3. The molecule has 0 aromatic carbocycles. The maximum atomic E-state index is 9.26. The van der Waals surface area contributed by atoms with Crippen molar-refractivity contribution in [2.45, 2.75) is 39.2 Å². The van der Waals surface area contributed by atoms with Crippen molar-refractivity contribution in [3.63, 3.8) is 0 Å². The Hall–Kier alpha value is -0.340. The van der Waals surface area contributed by atoms with Crippen LogP contribution in [0.15, 0.2) is 11.6 Å². The Morgan fingerprint density at radius 1 is 1.38 bits per heavy atom. The van der Waals surface area contributed by atoms with Gasteiger partial charge in [0, 0.05) is 6.54 Å². The fourth-order valence-electron chi connectivity index (χ4n) is 1.59. The van der Waals surface area contributed by atoms with E-state index in [0.717, 1.165) is 12.1 Å². The second-order valence-electron chi connectivity index (χ2n) is 3.99. The highest BCUT2D eigenvalue weighted by molar-refractivity contribution is 5.04. The topological polar surface area (TPSA) is 23.5 Å². The Labute approximate surface area is 81.2 Å². The van der Waals surface area contributed by atoms with Crippen molar-refractivity contribution in [3.05, 3.63) is 11.6 Å². The van der Waals surface area contributed by atoms with E-state index in [1.54, 1.807) is 0 Å². The molecule has 0 radical (unpaired) electrons. The van der Waals surface area contributed by atoms with Crippen LogP contribution in [-0.2, 0) is 0 Å². The Balaban J connectivity index is 2.27. The molecule has 0 aliphatic carbocycles. The normalized spacial score (nSPS) is 23.2. The zero-order valence-corrected chi connectivity index (χ0v) is 8.79. The van der Waals surface area contributed by atoms with Crippen molar-refractivity contribution < 1.29 is 5.11 Å². The molecule has 1 rings (SSSR count). The number of piperidine rings is 1. The number of nitrogens with zero attached hydrogens (tertiary/aromatic N) is 1. The fourth-order valence-corrected chi connectivity index (χ4v) is 1.59. The number of hydrogen-bond acceptors (Lipinski definition) is 2. The molecule has 1 atom stereocenters. The minimum atomic E-state index is -0.287. The first-order valence-electron chi connectivity index (χ1n) is 5.27. The van der Waals surface area contributed by atoms with Gasteiger partial charge in [-0.2, -0.15) is 0 Å². The lowest BCUT2D eigenvalue weighted by Crippen LogP contribution is -2.30. The molecule has 1 heterocycles. The summed E-state index contributed by atoms with van der Waals surface area (Å²) in [4.78, 5) is 2.45. The van der Waals surface area contributed by atoms with E-state index in [9.17, 15) is 5.11 Å². The summed E-state index contributed by atoms with van der Waals surface area (Å²) >= 11 is 0. The largest absolute Gasteiger partial charge is 0.389 e. The average molecular weight is 183 g/mol. The predicted molar refractivity (Wildman–Crippen MR) is 55.7 cm³/mol. The van der Waals surface area contributed by atoms with Gasteiger partial charge in [-0.3, -0.25) is 4.90 Å². The molecule has 0 bridgehead atoms. The molecule has 2 heteroatoms. The molecule has 0 spiro atoms. The summed E-state index contributed by atoms with van der Waals surface area (Å²) in [7, 11) is 0. The van der Waals surface area contributed by atoms with Crippen LogP contribution >= 0.6 is 0 Å². The average Bonchev–Trinajstić information content (AvgIpc) is 2.15. The van der Waals surface area contributed by atoms with E-state index in [1.807, 2.05) is 13.8 Å². The maximum absolute atomic E-state index is 9.26. The minimum Gasteiger partial charge on any atom is -0.389 e. The summed E-state index contributed by atoms with van der Waals surface area (Å²) in [6, 6.07) is 0. The Morgan fingerprint density at radius 2 is 2.00 bits per heavy atom. The zero-order chi connectivity index (χ0) is 9.68. The van der Waals surface area contributed by atoms with Crippen LogP contribution in [0.1, 0.15) is 33.1 Å². The molecule has 1 aliphatic heterocycles. The molecule has 2 nitrogen and oxygen atoms in total. The number of hydrogen-bond donors (Lipinski definition) is 1. The molecule has 0 saturated carbocycles. The number of likely N-dealkylation sites (tertiary alicyclic amines) is 1. The fraction of sp³-hybridized carbons (Fsp3) is 0.818. The Morgan fingerprint density at radius 3 is 2.54 bits per heavy atom. The first-order valence-corrected chi connectivity index (χ1v) is 5.27. The number of aliphatic hydroxyl groups excluding tert-OH is 1. The van der Waals surface area contributed by atoms with Gasteiger partial charge in [0.05, 0.1) is 6.10 Å². The summed E-state index contributed by atoms with van der Waals surface area (Å²) in [6.07, 6.45) is 5.92. The van der Waals surface area contributed by atoms with Gasteiger partial charge in [0.25, 0.3) is 0 Å². The zero-order valence-electron chi connectivity index (χ0n) is 8.79. The van der Waals surface area contributed by atoms with Crippen LogP contribution in [0, 0.1) is 0 Å². The number of rotatable bonds is 3. The van der Waals surface area contributed by atoms with Crippen molar-refractivity contribution in [1.82, 2.24) is 4.90 Å². The standard InChI is InChI=1S/C11H21NO/c1-10(11(2)13)6-9-12-7-4-3-5-8-12/h6,11,13H,3-5,7-9H2,1-2H3. The summed E-state index contributed by atoms with van der Waals surface area (Å²) in [5, 5.41) is 9.26. The monoisotopic (exact) mass is 183 g/mol. The quantitative estimate of drug-likeness (QED) is 0.674. The summed E-state index contributed by atoms with van der Waals surface area (Å²) in [5.41, 5.74) is 1.09. The maximum Gasteiger partial charge on any atom is 0.0719 e. The van der Waals surface area contributed by atoms with Crippen molar-refractivity contribution >= 4 is 0 Å². The van der Waals surface area contributed by atoms with E-state index in [-0.39, 0.29) is 6.10 Å². The lowest BCUT2D eigenvalue weighted by Gasteiger charge is -2.25. The van der Waals surface area contributed by atoms with Gasteiger partial charge in [-0.15, -0.1) is 0 Å². The second-order valence-corrected chi connectivity index (χ2v) is 3.99. The Bertz CT molecular complexity index is 169. The Kier molecular flexibility index (Phi) is 4.46. The molecule has 0 aromatic rings. The molecule has 1 saturated heterocycles. The first kappa shape index (κ1) is 10.7. The van der Waals surface area contributed by atoms with E-state index in [2.05, 4.69) is 11.0 Å². The van der Waals surface area contributed by atoms with Crippen LogP contribution in [0.2, 0.25) is 0 Å². The second kappa shape index (κ2) is 5.40. The lowest BCUT2D eigenvalue weighted by atomic mass is 10.1. The van der Waals surface area contributed by atoms with Crippen LogP contribution in [0.3, 0.4) is 0 Å². The third-order valence-corrected chi connectivity index (χ3v) is 2.78. The molecule has 1 unspecified atom stereocenters.